The van der Waals surface area contributed by atoms with Crippen LogP contribution in [0.3, 0.4) is 0 Å². The minimum absolute atomic E-state index is 0.377. The van der Waals surface area contributed by atoms with Crippen molar-refractivity contribution in [3.8, 4) is 17.6 Å². The molecule has 1 aliphatic rings. The molecule has 0 radical (unpaired) electrons. The van der Waals surface area contributed by atoms with Crippen LogP contribution in [-0.4, -0.2) is 32.3 Å². The van der Waals surface area contributed by atoms with Gasteiger partial charge in [0, 0.05) is 10.0 Å². The number of halogens is 1. The highest BCUT2D eigenvalue weighted by molar-refractivity contribution is 9.10. The van der Waals surface area contributed by atoms with Crippen LogP contribution in [0.5, 0.6) is 11.5 Å². The fraction of sp³-hybridized carbons (Fsp3) is 0.308. The maximum Gasteiger partial charge on any atom is 0.188 e. The van der Waals surface area contributed by atoms with Crippen LogP contribution in [0.15, 0.2) is 22.2 Å². The molecule has 0 saturated carbocycles. The summed E-state index contributed by atoms with van der Waals surface area (Å²) >= 11 is 3.41. The summed E-state index contributed by atoms with van der Waals surface area (Å²) in [4.78, 5) is 1.85. The second-order valence-electron chi connectivity index (χ2n) is 4.17. The lowest BCUT2D eigenvalue weighted by atomic mass is 10.1. The lowest BCUT2D eigenvalue weighted by Crippen LogP contribution is -2.36. The van der Waals surface area contributed by atoms with Crippen LogP contribution in [-0.2, 0) is 0 Å². The fourth-order valence-electron chi connectivity index (χ4n) is 1.86. The molecule has 2 rings (SSSR count). The molecular formula is C13H13BrN2O2. The molecule has 0 saturated heterocycles. The Balaban J connectivity index is 2.57. The first-order valence-electron chi connectivity index (χ1n) is 5.39. The summed E-state index contributed by atoms with van der Waals surface area (Å²) < 4.78 is 12.1. The van der Waals surface area contributed by atoms with Gasteiger partial charge in [0.05, 0.1) is 12.7 Å². The van der Waals surface area contributed by atoms with Gasteiger partial charge in [0.15, 0.2) is 17.7 Å². The van der Waals surface area contributed by atoms with Crippen LogP contribution in [0.1, 0.15) is 5.56 Å². The van der Waals surface area contributed by atoms with E-state index < -0.39 is 0 Å². The van der Waals surface area contributed by atoms with Crippen molar-refractivity contribution in [2.75, 3.05) is 21.2 Å². The Morgan fingerprint density at radius 2 is 2.17 bits per heavy atom. The van der Waals surface area contributed by atoms with Crippen molar-refractivity contribution in [2.45, 2.75) is 6.23 Å². The minimum atomic E-state index is -0.377. The second-order valence-corrected chi connectivity index (χ2v) is 5.09. The third-order valence-electron chi connectivity index (χ3n) is 2.67. The van der Waals surface area contributed by atoms with E-state index in [1.54, 1.807) is 7.11 Å². The van der Waals surface area contributed by atoms with Gasteiger partial charge in [0.2, 0.25) is 0 Å². The van der Waals surface area contributed by atoms with E-state index in [1.807, 2.05) is 37.2 Å². The number of likely N-dealkylation sites (N-methyl/N-ethyl adjacent to an activating group) is 1. The Kier molecular flexibility index (Phi) is 3.60. The van der Waals surface area contributed by atoms with Gasteiger partial charge in [-0.15, -0.1) is 0 Å². The number of nitriles is 1. The third-order valence-corrected chi connectivity index (χ3v) is 3.13. The number of hydrogen-bond acceptors (Lipinski definition) is 4. The van der Waals surface area contributed by atoms with E-state index in [2.05, 4.69) is 22.0 Å². The zero-order valence-electron chi connectivity index (χ0n) is 10.4. The van der Waals surface area contributed by atoms with Crippen molar-refractivity contribution in [1.82, 2.24) is 4.90 Å². The Morgan fingerprint density at radius 1 is 1.44 bits per heavy atom. The maximum atomic E-state index is 9.16. The van der Waals surface area contributed by atoms with E-state index in [0.29, 0.717) is 17.1 Å². The Bertz CT molecular complexity index is 547. The molecule has 1 atom stereocenters. The Morgan fingerprint density at radius 3 is 2.72 bits per heavy atom. The molecule has 1 unspecified atom stereocenters. The summed E-state index contributed by atoms with van der Waals surface area (Å²) in [5, 5.41) is 9.16. The third kappa shape index (κ3) is 2.22. The molecule has 0 fully saturated rings. The van der Waals surface area contributed by atoms with E-state index in [1.165, 1.54) is 0 Å². The molecular weight excluding hydrogens is 296 g/mol. The van der Waals surface area contributed by atoms with Crippen LogP contribution in [0.4, 0.5) is 0 Å². The topological polar surface area (TPSA) is 45.5 Å². The van der Waals surface area contributed by atoms with Crippen molar-refractivity contribution in [3.05, 3.63) is 27.7 Å². The number of ether oxygens (including phenoxy) is 2. The molecule has 0 bridgehead atoms. The van der Waals surface area contributed by atoms with Gasteiger partial charge in [-0.3, -0.25) is 4.90 Å². The van der Waals surface area contributed by atoms with Gasteiger partial charge in [-0.05, 0) is 32.3 Å². The molecule has 1 aromatic carbocycles. The number of rotatable bonds is 2. The summed E-state index contributed by atoms with van der Waals surface area (Å²) in [7, 11) is 5.33. The van der Waals surface area contributed by atoms with E-state index in [9.17, 15) is 0 Å². The quantitative estimate of drug-likeness (QED) is 0.842. The first-order valence-corrected chi connectivity index (χ1v) is 6.18. The van der Waals surface area contributed by atoms with Crippen molar-refractivity contribution >= 4 is 22.0 Å². The molecule has 1 aromatic rings. The van der Waals surface area contributed by atoms with Gasteiger partial charge in [0.1, 0.15) is 6.07 Å². The van der Waals surface area contributed by atoms with Crippen LogP contribution < -0.4 is 9.47 Å². The smallest absolute Gasteiger partial charge is 0.188 e. The fourth-order valence-corrected chi connectivity index (χ4v) is 2.31. The average Bonchev–Trinajstić information content (AvgIpc) is 2.35. The molecule has 18 heavy (non-hydrogen) atoms. The van der Waals surface area contributed by atoms with Crippen molar-refractivity contribution < 1.29 is 9.47 Å². The molecule has 0 aromatic heterocycles. The van der Waals surface area contributed by atoms with Gasteiger partial charge in [0.25, 0.3) is 0 Å². The molecule has 0 spiro atoms. The minimum Gasteiger partial charge on any atom is -0.493 e. The predicted octanol–water partition coefficient (Wildman–Crippen LogP) is 2.64. The molecule has 94 valence electrons. The number of methoxy groups -OCH3 is 1. The summed E-state index contributed by atoms with van der Waals surface area (Å²) in [6.45, 7) is 0. The molecule has 1 heterocycles. The van der Waals surface area contributed by atoms with E-state index in [0.717, 1.165) is 10.0 Å². The zero-order valence-corrected chi connectivity index (χ0v) is 12.0. The number of nitrogens with zero attached hydrogens (tertiary/aromatic N) is 2. The monoisotopic (exact) mass is 308 g/mol. The predicted molar refractivity (Wildman–Crippen MR) is 72.4 cm³/mol. The summed E-state index contributed by atoms with van der Waals surface area (Å²) in [5.41, 5.74) is 1.42. The van der Waals surface area contributed by atoms with Gasteiger partial charge >= 0.3 is 0 Å². The SMILES string of the molecule is COc1cc(Br)cc2c1OC(N(C)C)C(C#N)=C2. The first kappa shape index (κ1) is 12.9. The Labute approximate surface area is 115 Å². The number of fused-ring (bicyclic) bond motifs is 1. The molecule has 0 amide bonds. The van der Waals surface area contributed by atoms with Crippen LogP contribution in [0.2, 0.25) is 0 Å². The highest BCUT2D eigenvalue weighted by Crippen LogP contribution is 2.40. The maximum absolute atomic E-state index is 9.16. The van der Waals surface area contributed by atoms with Crippen LogP contribution >= 0.6 is 15.9 Å². The van der Waals surface area contributed by atoms with E-state index in [4.69, 9.17) is 14.7 Å². The summed E-state index contributed by atoms with van der Waals surface area (Å²) in [6, 6.07) is 5.92. The molecule has 4 nitrogen and oxygen atoms in total. The highest BCUT2D eigenvalue weighted by Gasteiger charge is 2.27. The molecule has 5 heteroatoms. The lowest BCUT2D eigenvalue weighted by molar-refractivity contribution is 0.0946. The second kappa shape index (κ2) is 5.01. The summed E-state index contributed by atoms with van der Waals surface area (Å²) in [6.07, 6.45) is 1.45. The van der Waals surface area contributed by atoms with Crippen molar-refractivity contribution in [2.24, 2.45) is 0 Å². The van der Waals surface area contributed by atoms with Crippen LogP contribution in [0.25, 0.3) is 6.08 Å². The van der Waals surface area contributed by atoms with Crippen LogP contribution in [0, 0.1) is 11.3 Å². The largest absolute Gasteiger partial charge is 0.493 e. The molecule has 0 N–H and O–H groups in total. The molecule has 0 aliphatic carbocycles. The highest BCUT2D eigenvalue weighted by atomic mass is 79.9. The van der Waals surface area contributed by atoms with Crippen molar-refractivity contribution in [3.63, 3.8) is 0 Å². The zero-order chi connectivity index (χ0) is 13.3. The van der Waals surface area contributed by atoms with E-state index >= 15 is 0 Å². The standard InChI is InChI=1S/C13H13BrN2O2/c1-16(2)13-9(7-15)4-8-5-10(14)6-11(17-3)12(8)18-13/h4-6,13H,1-3H3. The van der Waals surface area contributed by atoms with Crippen molar-refractivity contribution in [1.29, 1.82) is 5.26 Å². The average molecular weight is 309 g/mol. The van der Waals surface area contributed by atoms with Gasteiger partial charge in [-0.1, -0.05) is 15.9 Å². The summed E-state index contributed by atoms with van der Waals surface area (Å²) in [5.74, 6) is 1.32. The number of benzene rings is 1. The Hall–Kier alpha value is -1.51. The van der Waals surface area contributed by atoms with Gasteiger partial charge in [-0.25, -0.2) is 0 Å². The first-order chi connectivity index (χ1) is 8.56. The number of hydrogen-bond donors (Lipinski definition) is 0. The lowest BCUT2D eigenvalue weighted by Gasteiger charge is -2.29. The normalized spacial score (nSPS) is 17.6. The van der Waals surface area contributed by atoms with Gasteiger partial charge in [-0.2, -0.15) is 5.26 Å². The van der Waals surface area contributed by atoms with E-state index in [-0.39, 0.29) is 6.23 Å². The molecule has 1 aliphatic heterocycles. The van der Waals surface area contributed by atoms with Gasteiger partial charge < -0.3 is 9.47 Å².